The maximum atomic E-state index is 11.0. The van der Waals surface area contributed by atoms with Gasteiger partial charge in [0, 0.05) is 0 Å². The molecule has 0 aromatic heterocycles. The van der Waals surface area contributed by atoms with Crippen LogP contribution in [0.5, 0.6) is 11.5 Å². The van der Waals surface area contributed by atoms with Gasteiger partial charge in [-0.15, -0.1) is 0 Å². The summed E-state index contributed by atoms with van der Waals surface area (Å²) in [6.45, 7) is -0.551. The summed E-state index contributed by atoms with van der Waals surface area (Å²) < 4.78 is 10.3. The van der Waals surface area contributed by atoms with Crippen LogP contribution >= 0.6 is 0 Å². The van der Waals surface area contributed by atoms with Gasteiger partial charge in [-0.25, -0.2) is 19.2 Å². The Hall–Kier alpha value is -4.08. The van der Waals surface area contributed by atoms with Crippen LogP contribution in [-0.2, 0) is 0 Å². The van der Waals surface area contributed by atoms with Crippen LogP contribution in [0.1, 0.15) is 41.4 Å². The van der Waals surface area contributed by atoms with Crippen LogP contribution in [0.25, 0.3) is 0 Å². The van der Waals surface area contributed by atoms with Crippen molar-refractivity contribution in [1.29, 1.82) is 0 Å². The number of carboxylic acids is 4. The first-order chi connectivity index (χ1) is 12.7. The van der Waals surface area contributed by atoms with E-state index < -0.39 is 30.7 Å². The Kier molecular flexibility index (Phi) is 5.61. The normalized spacial score (nSPS) is 10.1. The zero-order valence-electron chi connectivity index (χ0n) is 13.4. The minimum Gasteiger partial charge on any atom is -0.478 e. The van der Waals surface area contributed by atoms with Gasteiger partial charge in [0.15, 0.2) is 0 Å². The lowest BCUT2D eigenvalue weighted by atomic mass is 10.1. The van der Waals surface area contributed by atoms with Crippen molar-refractivity contribution in [3.63, 3.8) is 0 Å². The number of hydrogen-bond donors (Lipinski definition) is 4. The summed E-state index contributed by atoms with van der Waals surface area (Å²) in [6.07, 6.45) is 0. The number of benzene rings is 2. The molecule has 2 aromatic carbocycles. The molecule has 0 atom stereocenters. The summed E-state index contributed by atoms with van der Waals surface area (Å²) in [5.74, 6) is -5.65. The number of hydrogen-bond acceptors (Lipinski definition) is 6. The molecule has 0 spiro atoms. The fourth-order valence-corrected chi connectivity index (χ4v) is 2.02. The molecule has 2 rings (SSSR count). The first-order valence-electron chi connectivity index (χ1n) is 7.16. The highest BCUT2D eigenvalue weighted by Gasteiger charge is 2.14. The van der Waals surface area contributed by atoms with Crippen LogP contribution in [0.15, 0.2) is 36.4 Å². The van der Waals surface area contributed by atoms with Gasteiger partial charge in [0.05, 0.1) is 22.3 Å². The summed E-state index contributed by atoms with van der Waals surface area (Å²) >= 11 is 0. The van der Waals surface area contributed by atoms with Gasteiger partial charge in [0.1, 0.15) is 11.5 Å². The number of carbonyl (C=O) groups is 4. The Morgan fingerprint density at radius 2 is 0.815 bits per heavy atom. The lowest BCUT2D eigenvalue weighted by Crippen LogP contribution is -2.10. The van der Waals surface area contributed by atoms with E-state index in [0.717, 1.165) is 36.4 Å². The van der Waals surface area contributed by atoms with E-state index in [0.29, 0.717) is 0 Å². The Morgan fingerprint density at radius 3 is 1.04 bits per heavy atom. The number of aromatic carboxylic acids is 4. The van der Waals surface area contributed by atoms with E-state index in [-0.39, 0.29) is 33.8 Å². The molecule has 10 heteroatoms. The monoisotopic (exact) mass is 376 g/mol. The molecular weight excluding hydrogens is 364 g/mol. The molecule has 0 saturated heterocycles. The average Bonchev–Trinajstić information content (AvgIpc) is 2.61. The quantitative estimate of drug-likeness (QED) is 0.499. The summed E-state index contributed by atoms with van der Waals surface area (Å²) in [4.78, 5) is 44.1. The second-order valence-corrected chi connectivity index (χ2v) is 5.12. The summed E-state index contributed by atoms with van der Waals surface area (Å²) in [7, 11) is 0. The molecule has 0 radical (unpaired) electrons. The smallest absolute Gasteiger partial charge is 0.335 e. The van der Waals surface area contributed by atoms with Crippen molar-refractivity contribution in [1.82, 2.24) is 0 Å². The first kappa shape index (κ1) is 19.2. The van der Waals surface area contributed by atoms with Crippen LogP contribution in [0.3, 0.4) is 0 Å². The SMILES string of the molecule is O=C(O)c1cc(OCOc2cc(C(=O)O)cc(C(=O)O)c2)cc(C(=O)O)c1. The standard InChI is InChI=1S/C17H12O10/c18-14(19)8-1-9(15(20)21)4-12(3-8)26-7-27-13-5-10(16(22)23)2-11(6-13)17(24)25/h1-6H,7H2,(H,18,19)(H,20,21)(H,22,23)(H,24,25). The zero-order chi connectivity index (χ0) is 20.1. The Labute approximate surface area is 150 Å². The third kappa shape index (κ3) is 4.95. The van der Waals surface area contributed by atoms with Crippen molar-refractivity contribution in [3.05, 3.63) is 58.7 Å². The van der Waals surface area contributed by atoms with Gasteiger partial charge < -0.3 is 29.9 Å². The van der Waals surface area contributed by atoms with E-state index in [2.05, 4.69) is 0 Å². The molecule has 27 heavy (non-hydrogen) atoms. The second-order valence-electron chi connectivity index (χ2n) is 5.12. The minimum absolute atomic E-state index is 0.111. The van der Waals surface area contributed by atoms with E-state index in [1.807, 2.05) is 0 Å². The van der Waals surface area contributed by atoms with Crippen LogP contribution in [0, 0.1) is 0 Å². The van der Waals surface area contributed by atoms with Crippen LogP contribution in [0.2, 0.25) is 0 Å². The Morgan fingerprint density at radius 1 is 0.556 bits per heavy atom. The third-order valence-electron chi connectivity index (χ3n) is 3.25. The molecule has 0 bridgehead atoms. The van der Waals surface area contributed by atoms with Gasteiger partial charge in [-0.1, -0.05) is 0 Å². The minimum atomic E-state index is -1.36. The summed E-state index contributed by atoms with van der Waals surface area (Å²) in [6, 6.07) is 6.22. The van der Waals surface area contributed by atoms with Crippen molar-refractivity contribution >= 4 is 23.9 Å². The molecule has 0 amide bonds. The first-order valence-corrected chi connectivity index (χ1v) is 7.16. The molecule has 4 N–H and O–H groups in total. The number of ether oxygens (including phenoxy) is 2. The van der Waals surface area contributed by atoms with Crippen LogP contribution in [0.4, 0.5) is 0 Å². The van der Waals surface area contributed by atoms with E-state index in [9.17, 15) is 19.2 Å². The number of rotatable bonds is 8. The molecule has 0 aliphatic rings. The highest BCUT2D eigenvalue weighted by Crippen LogP contribution is 2.20. The highest BCUT2D eigenvalue weighted by atomic mass is 16.7. The number of carboxylic acid groups (broad SMARTS) is 4. The maximum Gasteiger partial charge on any atom is 0.335 e. The molecule has 0 aliphatic heterocycles. The van der Waals surface area contributed by atoms with Crippen molar-refractivity contribution < 1.29 is 49.1 Å². The van der Waals surface area contributed by atoms with Gasteiger partial charge in [0.25, 0.3) is 0 Å². The summed E-state index contributed by atoms with van der Waals surface area (Å²) in [5, 5.41) is 36.0. The molecule has 140 valence electrons. The van der Waals surface area contributed by atoms with E-state index in [1.54, 1.807) is 0 Å². The van der Waals surface area contributed by atoms with Crippen LogP contribution in [-0.4, -0.2) is 51.1 Å². The second kappa shape index (κ2) is 7.87. The van der Waals surface area contributed by atoms with Gasteiger partial charge >= 0.3 is 23.9 Å². The topological polar surface area (TPSA) is 168 Å². The average molecular weight is 376 g/mol. The molecular formula is C17H12O10. The molecule has 0 heterocycles. The fourth-order valence-electron chi connectivity index (χ4n) is 2.02. The lowest BCUT2D eigenvalue weighted by Gasteiger charge is -2.11. The third-order valence-corrected chi connectivity index (χ3v) is 3.25. The van der Waals surface area contributed by atoms with E-state index >= 15 is 0 Å². The molecule has 0 unspecified atom stereocenters. The molecule has 2 aromatic rings. The van der Waals surface area contributed by atoms with Gasteiger partial charge in [-0.2, -0.15) is 0 Å². The molecule has 0 saturated carbocycles. The molecule has 10 nitrogen and oxygen atoms in total. The summed E-state index contributed by atoms with van der Waals surface area (Å²) in [5.41, 5.74) is -1.26. The van der Waals surface area contributed by atoms with Crippen molar-refractivity contribution in [2.24, 2.45) is 0 Å². The largest absolute Gasteiger partial charge is 0.478 e. The fraction of sp³-hybridized carbons (Fsp3) is 0.0588. The molecule has 0 fully saturated rings. The van der Waals surface area contributed by atoms with Crippen molar-refractivity contribution in [3.8, 4) is 11.5 Å². The highest BCUT2D eigenvalue weighted by molar-refractivity contribution is 5.95. The van der Waals surface area contributed by atoms with Crippen LogP contribution < -0.4 is 9.47 Å². The maximum absolute atomic E-state index is 11.0. The van der Waals surface area contributed by atoms with Crippen molar-refractivity contribution in [2.75, 3.05) is 6.79 Å². The van der Waals surface area contributed by atoms with E-state index in [4.69, 9.17) is 29.9 Å². The lowest BCUT2D eigenvalue weighted by molar-refractivity contribution is 0.0676. The predicted octanol–water partition coefficient (Wildman–Crippen LogP) is 1.89. The van der Waals surface area contributed by atoms with Gasteiger partial charge in [0.2, 0.25) is 6.79 Å². The predicted molar refractivity (Wildman–Crippen MR) is 86.8 cm³/mol. The van der Waals surface area contributed by atoms with Crippen molar-refractivity contribution in [2.45, 2.75) is 0 Å². The zero-order valence-corrected chi connectivity index (χ0v) is 13.4. The Balaban J connectivity index is 2.19. The molecule has 0 aliphatic carbocycles. The van der Waals surface area contributed by atoms with Gasteiger partial charge in [-0.05, 0) is 36.4 Å². The van der Waals surface area contributed by atoms with E-state index in [1.165, 1.54) is 0 Å². The Bertz CT molecular complexity index is 791. The van der Waals surface area contributed by atoms with Gasteiger partial charge in [-0.3, -0.25) is 0 Å².